The number of rotatable bonds is 5. The molecule has 0 aromatic carbocycles. The molecule has 2 aromatic heterocycles. The van der Waals surface area contributed by atoms with Crippen LogP contribution < -0.4 is 0 Å². The standard InChI is InChI=1S/C14H22ClN5/c1-9(18(3)11-5-6-11)8-20-12(7-15)16-13-10(2)17-19(4)14(13)20/h9,11H,5-8H2,1-4H3. The van der Waals surface area contributed by atoms with Gasteiger partial charge in [0.2, 0.25) is 0 Å². The average molecular weight is 296 g/mol. The molecule has 3 rings (SSSR count). The average Bonchev–Trinajstić information content (AvgIpc) is 3.14. The van der Waals surface area contributed by atoms with E-state index in [1.807, 2.05) is 18.7 Å². The molecule has 0 amide bonds. The van der Waals surface area contributed by atoms with Gasteiger partial charge in [0.05, 0.1) is 11.6 Å². The van der Waals surface area contributed by atoms with Gasteiger partial charge in [-0.15, -0.1) is 11.6 Å². The third kappa shape index (κ3) is 2.23. The molecule has 0 bridgehead atoms. The Morgan fingerprint density at radius 2 is 2.15 bits per heavy atom. The van der Waals surface area contributed by atoms with Crippen molar-refractivity contribution < 1.29 is 0 Å². The van der Waals surface area contributed by atoms with Crippen LogP contribution in [0.1, 0.15) is 31.3 Å². The Balaban J connectivity index is 1.96. The van der Waals surface area contributed by atoms with E-state index >= 15 is 0 Å². The SMILES string of the molecule is Cc1nn(C)c2c1nc(CCl)n2CC(C)N(C)C1CC1. The fourth-order valence-electron chi connectivity index (χ4n) is 2.91. The Bertz CT molecular complexity index is 625. The van der Waals surface area contributed by atoms with Crippen molar-refractivity contribution in [3.05, 3.63) is 11.5 Å². The summed E-state index contributed by atoms with van der Waals surface area (Å²) in [6, 6.07) is 1.23. The van der Waals surface area contributed by atoms with Gasteiger partial charge >= 0.3 is 0 Å². The van der Waals surface area contributed by atoms with Gasteiger partial charge in [0.1, 0.15) is 11.3 Å². The summed E-state index contributed by atoms with van der Waals surface area (Å²) in [7, 11) is 4.19. The van der Waals surface area contributed by atoms with Crippen LogP contribution in [0.4, 0.5) is 0 Å². The molecule has 0 spiro atoms. The van der Waals surface area contributed by atoms with Gasteiger partial charge in [-0.3, -0.25) is 9.58 Å². The zero-order valence-corrected chi connectivity index (χ0v) is 13.4. The Hall–Kier alpha value is -1.07. The zero-order valence-electron chi connectivity index (χ0n) is 12.6. The van der Waals surface area contributed by atoms with Gasteiger partial charge in [-0.2, -0.15) is 5.10 Å². The molecule has 0 saturated heterocycles. The lowest BCUT2D eigenvalue weighted by Gasteiger charge is -2.25. The van der Waals surface area contributed by atoms with Crippen LogP contribution in [0, 0.1) is 6.92 Å². The van der Waals surface area contributed by atoms with Crippen LogP contribution in [0.3, 0.4) is 0 Å². The van der Waals surface area contributed by atoms with Crippen LogP contribution in [-0.2, 0) is 19.5 Å². The maximum Gasteiger partial charge on any atom is 0.158 e. The van der Waals surface area contributed by atoms with E-state index in [2.05, 4.69) is 33.5 Å². The number of aromatic nitrogens is 4. The number of imidazole rings is 1. The topological polar surface area (TPSA) is 38.9 Å². The molecule has 0 N–H and O–H groups in total. The first-order valence-electron chi connectivity index (χ1n) is 7.19. The van der Waals surface area contributed by atoms with Crippen molar-refractivity contribution in [2.75, 3.05) is 7.05 Å². The summed E-state index contributed by atoms with van der Waals surface area (Å²) in [5, 5.41) is 4.46. The molecule has 6 heteroatoms. The summed E-state index contributed by atoms with van der Waals surface area (Å²) in [6.45, 7) is 5.17. The van der Waals surface area contributed by atoms with Gasteiger partial charge in [0.25, 0.3) is 0 Å². The highest BCUT2D eigenvalue weighted by molar-refractivity contribution is 6.16. The summed E-state index contributed by atoms with van der Waals surface area (Å²) in [5.41, 5.74) is 3.02. The molecule has 1 saturated carbocycles. The second-order valence-corrected chi connectivity index (χ2v) is 6.17. The molecule has 110 valence electrons. The zero-order chi connectivity index (χ0) is 14.4. The van der Waals surface area contributed by atoms with Crippen LogP contribution >= 0.6 is 11.6 Å². The number of hydrogen-bond acceptors (Lipinski definition) is 3. The third-order valence-electron chi connectivity index (χ3n) is 4.35. The fourth-order valence-corrected chi connectivity index (χ4v) is 3.11. The van der Waals surface area contributed by atoms with Crippen LogP contribution in [-0.4, -0.2) is 43.4 Å². The van der Waals surface area contributed by atoms with Gasteiger partial charge in [-0.25, -0.2) is 4.98 Å². The first-order valence-corrected chi connectivity index (χ1v) is 7.73. The predicted molar refractivity (Wildman–Crippen MR) is 81.0 cm³/mol. The highest BCUT2D eigenvalue weighted by Crippen LogP contribution is 2.28. The highest BCUT2D eigenvalue weighted by Gasteiger charge is 2.30. The predicted octanol–water partition coefficient (Wildman–Crippen LogP) is 2.30. The lowest BCUT2D eigenvalue weighted by atomic mass is 10.3. The van der Waals surface area contributed by atoms with Crippen LogP contribution in [0.25, 0.3) is 11.2 Å². The number of hydrogen-bond donors (Lipinski definition) is 0. The number of fused-ring (bicyclic) bond motifs is 1. The van der Waals surface area contributed by atoms with Crippen molar-refractivity contribution in [3.63, 3.8) is 0 Å². The number of alkyl halides is 1. The maximum atomic E-state index is 6.08. The molecule has 1 aliphatic carbocycles. The van der Waals surface area contributed by atoms with Crippen LogP contribution in [0.15, 0.2) is 0 Å². The van der Waals surface area contributed by atoms with Gasteiger partial charge in [-0.05, 0) is 33.7 Å². The van der Waals surface area contributed by atoms with E-state index in [4.69, 9.17) is 11.6 Å². The third-order valence-corrected chi connectivity index (χ3v) is 4.59. The molecular weight excluding hydrogens is 274 g/mol. The van der Waals surface area contributed by atoms with E-state index in [-0.39, 0.29) is 0 Å². The van der Waals surface area contributed by atoms with Crippen LogP contribution in [0.2, 0.25) is 0 Å². The second kappa shape index (κ2) is 5.04. The molecule has 0 radical (unpaired) electrons. The summed E-state index contributed by atoms with van der Waals surface area (Å²) >= 11 is 6.08. The Morgan fingerprint density at radius 3 is 2.75 bits per heavy atom. The lowest BCUT2D eigenvalue weighted by molar-refractivity contribution is 0.225. The monoisotopic (exact) mass is 295 g/mol. The molecule has 2 aromatic rings. The summed E-state index contributed by atoms with van der Waals surface area (Å²) in [4.78, 5) is 7.12. The molecule has 1 atom stereocenters. The minimum absolute atomic E-state index is 0.438. The summed E-state index contributed by atoms with van der Waals surface area (Å²) in [5.74, 6) is 1.38. The van der Waals surface area contributed by atoms with Gasteiger partial charge < -0.3 is 4.57 Å². The largest absolute Gasteiger partial charge is 0.310 e. The summed E-state index contributed by atoms with van der Waals surface area (Å²) < 4.78 is 4.14. The Morgan fingerprint density at radius 1 is 1.45 bits per heavy atom. The van der Waals surface area contributed by atoms with Crippen molar-refractivity contribution in [2.24, 2.45) is 7.05 Å². The van der Waals surface area contributed by atoms with Gasteiger partial charge in [0.15, 0.2) is 5.65 Å². The van der Waals surface area contributed by atoms with Crippen molar-refractivity contribution in [3.8, 4) is 0 Å². The lowest BCUT2D eigenvalue weighted by Crippen LogP contribution is -2.35. The molecule has 1 aliphatic rings. The van der Waals surface area contributed by atoms with Crippen LogP contribution in [0.5, 0.6) is 0 Å². The maximum absolute atomic E-state index is 6.08. The molecule has 1 unspecified atom stereocenters. The molecule has 20 heavy (non-hydrogen) atoms. The molecule has 5 nitrogen and oxygen atoms in total. The number of aryl methyl sites for hydroxylation is 2. The highest BCUT2D eigenvalue weighted by atomic mass is 35.5. The normalized spacial score (nSPS) is 17.3. The van der Waals surface area contributed by atoms with Gasteiger partial charge in [0, 0.05) is 25.7 Å². The van der Waals surface area contributed by atoms with E-state index in [0.717, 1.165) is 35.3 Å². The first-order chi connectivity index (χ1) is 9.52. The summed E-state index contributed by atoms with van der Waals surface area (Å²) in [6.07, 6.45) is 2.65. The fraction of sp³-hybridized carbons (Fsp3) is 0.714. The van der Waals surface area contributed by atoms with Crippen molar-refractivity contribution >= 4 is 22.8 Å². The minimum atomic E-state index is 0.438. The van der Waals surface area contributed by atoms with E-state index in [1.54, 1.807) is 0 Å². The first kappa shape index (κ1) is 13.9. The van der Waals surface area contributed by atoms with Crippen molar-refractivity contribution in [2.45, 2.75) is 51.2 Å². The molecule has 2 heterocycles. The van der Waals surface area contributed by atoms with E-state index < -0.39 is 0 Å². The van der Waals surface area contributed by atoms with E-state index in [0.29, 0.717) is 11.9 Å². The smallest absolute Gasteiger partial charge is 0.158 e. The number of likely N-dealkylation sites (N-methyl/N-ethyl adjacent to an activating group) is 1. The second-order valence-electron chi connectivity index (χ2n) is 5.90. The Labute approximate surface area is 124 Å². The number of nitrogens with zero attached hydrogens (tertiary/aromatic N) is 5. The molecule has 0 aliphatic heterocycles. The molecular formula is C14H22ClN5. The van der Waals surface area contributed by atoms with Crippen molar-refractivity contribution in [1.29, 1.82) is 0 Å². The van der Waals surface area contributed by atoms with E-state index in [9.17, 15) is 0 Å². The van der Waals surface area contributed by atoms with E-state index in [1.165, 1.54) is 12.8 Å². The van der Waals surface area contributed by atoms with Crippen molar-refractivity contribution in [1.82, 2.24) is 24.2 Å². The number of halogens is 1. The van der Waals surface area contributed by atoms with Gasteiger partial charge in [-0.1, -0.05) is 0 Å². The quantitative estimate of drug-likeness (QED) is 0.795. The molecule has 1 fully saturated rings. The Kier molecular flexibility index (Phi) is 3.50. The minimum Gasteiger partial charge on any atom is -0.310 e.